The van der Waals surface area contributed by atoms with Gasteiger partial charge in [0.25, 0.3) is 0 Å². The van der Waals surface area contributed by atoms with Crippen molar-refractivity contribution >= 4 is 59.7 Å². The molecule has 0 unspecified atom stereocenters. The predicted octanol–water partition coefficient (Wildman–Crippen LogP) is 18.4. The number of anilines is 4. The van der Waals surface area contributed by atoms with Gasteiger partial charge in [-0.05, 0) is 141 Å². The first-order valence-corrected chi connectivity index (χ1v) is 35.2. The maximum atomic E-state index is 8.88. The van der Waals surface area contributed by atoms with E-state index < -0.39 is 0 Å². The minimum Gasteiger partial charge on any atom is -0.497 e. The van der Waals surface area contributed by atoms with Crippen LogP contribution < -0.4 is 46.6 Å². The smallest absolute Gasteiger partial charge is 0.187 e. The molecule has 0 aliphatic rings. The van der Waals surface area contributed by atoms with Crippen molar-refractivity contribution in [3.8, 4) is 75.7 Å². The van der Waals surface area contributed by atoms with E-state index in [1.165, 1.54) is 0 Å². The zero-order chi connectivity index (χ0) is 78.8. The van der Waals surface area contributed by atoms with Crippen molar-refractivity contribution in [1.29, 1.82) is 10.5 Å². The van der Waals surface area contributed by atoms with Gasteiger partial charge >= 0.3 is 0 Å². The van der Waals surface area contributed by atoms with Crippen LogP contribution in [0.1, 0.15) is 181 Å². The van der Waals surface area contributed by atoms with Gasteiger partial charge in [-0.3, -0.25) is 15.0 Å². The van der Waals surface area contributed by atoms with E-state index in [9.17, 15) is 0 Å². The van der Waals surface area contributed by atoms with Crippen LogP contribution in [0.2, 0.25) is 0 Å². The molecule has 0 amide bonds. The summed E-state index contributed by atoms with van der Waals surface area (Å²) < 4.78 is 29.3. The van der Waals surface area contributed by atoms with Crippen LogP contribution in [0.3, 0.4) is 0 Å². The van der Waals surface area contributed by atoms with Crippen molar-refractivity contribution in [2.45, 2.75) is 107 Å². The molecule has 12 aromatic rings. The van der Waals surface area contributed by atoms with Crippen LogP contribution in [0.5, 0.6) is 51.7 Å². The average molecular weight is 1460 g/mol. The Morgan fingerprint density at radius 1 is 0.327 bits per heavy atom. The molecule has 0 aliphatic carbocycles. The Kier molecular flexibility index (Phi) is 28.1. The Bertz CT molecular complexity index is 5390. The molecule has 12 rings (SSSR count). The Hall–Kier alpha value is -14.2. The molecular formula is C87H86N18O5. The number of nitrogen functional groups attached to an aromatic ring is 4. The standard InChI is InChI=1S/C22H21N5O.C22H19N5O.C22H24N4O2.C21H22N4O/c2*1-14(2)19-12-26-18(9-8-16-4-6-17(11-23)7-5-16)10-20(19)28-21-13-25-15(3)27-22(21)24;1-14(2)19-12-25-17(8-5-16-6-9-18(27-4)10-7-16)11-20(19)28-21-13-24-15(3)26-22(21)23;1-14(2)18-12-24-17(10-9-16-7-5-4-6-8-16)11-19(18)26-20-13-23-15(3)25-21(20)22/h4-10,12-14H,1-3H3,(H2,24,25,27);4-7,10,12-14H,1-3H3,(H2,24,25,27);5-14H,1-4H3,(H2,23,24,26);4-14H,1-3H3,(H2,22,23,25)/b9-8+;;8-5+;10-9+. The molecule has 0 bridgehead atoms. The summed E-state index contributed by atoms with van der Waals surface area (Å²) in [7, 11) is 1.65. The van der Waals surface area contributed by atoms with Crippen molar-refractivity contribution < 1.29 is 23.7 Å². The summed E-state index contributed by atoms with van der Waals surface area (Å²) in [4.78, 5) is 51.2. The first-order valence-electron chi connectivity index (χ1n) is 35.2. The topological polar surface area (TPSA) is 352 Å². The molecule has 110 heavy (non-hydrogen) atoms. The van der Waals surface area contributed by atoms with Crippen LogP contribution in [0.4, 0.5) is 23.3 Å². The average Bonchev–Trinajstić information content (AvgIpc) is 0.837. The molecule has 23 heteroatoms. The van der Waals surface area contributed by atoms with Gasteiger partial charge < -0.3 is 46.6 Å². The van der Waals surface area contributed by atoms with Gasteiger partial charge in [-0.15, -0.1) is 0 Å². The van der Waals surface area contributed by atoms with Gasteiger partial charge in [0.15, 0.2) is 46.3 Å². The largest absolute Gasteiger partial charge is 0.497 e. The minimum atomic E-state index is 0.204. The quantitative estimate of drug-likeness (QED) is 0.0546. The summed E-state index contributed by atoms with van der Waals surface area (Å²) in [6, 6.07) is 44.0. The van der Waals surface area contributed by atoms with Crippen LogP contribution in [0.25, 0.3) is 36.5 Å². The van der Waals surface area contributed by atoms with Gasteiger partial charge in [0.1, 0.15) is 57.7 Å². The molecule has 554 valence electrons. The van der Waals surface area contributed by atoms with Gasteiger partial charge in [0.2, 0.25) is 0 Å². The molecule has 0 spiro atoms. The number of aryl methyl sites for hydroxylation is 4. The number of methoxy groups -OCH3 is 1. The van der Waals surface area contributed by atoms with Gasteiger partial charge in [0.05, 0.1) is 72.2 Å². The number of nitriles is 2. The fourth-order valence-electron chi connectivity index (χ4n) is 10.2. The van der Waals surface area contributed by atoms with E-state index in [0.717, 1.165) is 67.3 Å². The van der Waals surface area contributed by atoms with E-state index in [-0.39, 0.29) is 29.5 Å². The third kappa shape index (κ3) is 23.4. The Morgan fingerprint density at radius 3 is 0.945 bits per heavy atom. The van der Waals surface area contributed by atoms with Crippen molar-refractivity contribution in [2.75, 3.05) is 30.0 Å². The highest BCUT2D eigenvalue weighted by atomic mass is 16.5. The number of hydrogen-bond acceptors (Lipinski definition) is 23. The molecule has 0 radical (unpaired) electrons. The van der Waals surface area contributed by atoms with E-state index >= 15 is 0 Å². The fraction of sp³-hybridized carbons (Fsp3) is 0.195. The summed E-state index contributed by atoms with van der Waals surface area (Å²) in [5, 5.41) is 17.7. The summed E-state index contributed by atoms with van der Waals surface area (Å²) in [6.07, 6.45) is 25.3. The van der Waals surface area contributed by atoms with Crippen LogP contribution in [0.15, 0.2) is 177 Å². The van der Waals surface area contributed by atoms with Gasteiger partial charge in [-0.1, -0.05) is 134 Å². The number of nitrogens with zero attached hydrogens (tertiary/aromatic N) is 14. The molecule has 0 saturated heterocycles. The zero-order valence-corrected chi connectivity index (χ0v) is 63.6. The second kappa shape index (κ2) is 38.7. The molecule has 0 aliphatic heterocycles. The number of rotatable bonds is 19. The molecule has 8 N–H and O–H groups in total. The van der Waals surface area contributed by atoms with Crippen molar-refractivity contribution in [3.05, 3.63) is 279 Å². The molecular weight excluding hydrogens is 1380 g/mol. The number of benzene rings is 4. The SMILES string of the molecule is COc1ccc(/C=C/c2cc(Oc3cnc(C)nc3N)c(C(C)C)cn2)cc1.Cc1ncc(Oc2cc(/C=C/c3ccc(C#N)cc3)ncc2C(C)C)c(N)n1.Cc1ncc(Oc2cc(/C=C/c3ccccc3)ncc2C(C)C)c(N)n1.Cc1ncc(Oc2cc(C#Cc3ccc(C#N)cc3)ncc2C(C)C)c(N)n1. The lowest BCUT2D eigenvalue weighted by molar-refractivity contribution is 0.415. The van der Waals surface area contributed by atoms with Crippen molar-refractivity contribution in [1.82, 2.24) is 59.8 Å². The maximum absolute atomic E-state index is 8.88. The van der Waals surface area contributed by atoms with E-state index in [0.29, 0.717) is 104 Å². The number of hydrogen-bond donors (Lipinski definition) is 4. The molecule has 23 nitrogen and oxygen atoms in total. The van der Waals surface area contributed by atoms with E-state index in [4.69, 9.17) is 57.1 Å². The third-order valence-corrected chi connectivity index (χ3v) is 16.3. The lowest BCUT2D eigenvalue weighted by atomic mass is 10.0. The normalized spacial score (nSPS) is 10.9. The highest BCUT2D eigenvalue weighted by Crippen LogP contribution is 2.37. The van der Waals surface area contributed by atoms with Gasteiger partial charge in [-0.2, -0.15) is 10.5 Å². The fourth-order valence-corrected chi connectivity index (χ4v) is 10.2. The molecule has 8 aromatic heterocycles. The van der Waals surface area contributed by atoms with E-state index in [1.54, 1.807) is 108 Å². The predicted molar refractivity (Wildman–Crippen MR) is 433 cm³/mol. The number of pyridine rings is 4. The summed E-state index contributed by atoms with van der Waals surface area (Å²) in [5.41, 5.74) is 35.8. The molecule has 0 fully saturated rings. The summed E-state index contributed by atoms with van der Waals surface area (Å²) in [6.45, 7) is 23.8. The van der Waals surface area contributed by atoms with Gasteiger partial charge in [0, 0.05) is 76.9 Å². The second-order valence-electron chi connectivity index (χ2n) is 26.1. The number of aromatic nitrogens is 12. The van der Waals surface area contributed by atoms with Crippen molar-refractivity contribution in [3.63, 3.8) is 0 Å². The summed E-state index contributed by atoms with van der Waals surface area (Å²) >= 11 is 0. The third-order valence-electron chi connectivity index (χ3n) is 16.3. The second-order valence-corrected chi connectivity index (χ2v) is 26.1. The van der Waals surface area contributed by atoms with Crippen LogP contribution in [0, 0.1) is 62.2 Å². The molecule has 0 atom stereocenters. The molecule has 4 aromatic carbocycles. The van der Waals surface area contributed by atoms with Gasteiger partial charge in [-0.25, -0.2) is 44.9 Å². The maximum Gasteiger partial charge on any atom is 0.187 e. The summed E-state index contributed by atoms with van der Waals surface area (Å²) in [5.74, 6) is 15.8. The van der Waals surface area contributed by atoms with Crippen molar-refractivity contribution in [2.24, 2.45) is 0 Å². The first kappa shape index (κ1) is 79.9. The highest BCUT2D eigenvalue weighted by molar-refractivity contribution is 5.72. The number of ether oxygens (including phenoxy) is 5. The minimum absolute atomic E-state index is 0.204. The monoisotopic (exact) mass is 1460 g/mol. The van der Waals surface area contributed by atoms with E-state index in [1.807, 2.05) is 140 Å². The highest BCUT2D eigenvalue weighted by Gasteiger charge is 2.18. The number of nitrogens with two attached hydrogens (primary N) is 4. The Balaban J connectivity index is 0.000000169. The zero-order valence-electron chi connectivity index (χ0n) is 63.6. The van der Waals surface area contributed by atoms with Crippen LogP contribution in [-0.4, -0.2) is 66.9 Å². The van der Waals surface area contributed by atoms with Crippen LogP contribution in [-0.2, 0) is 0 Å². The molecule has 8 heterocycles. The lowest BCUT2D eigenvalue weighted by Crippen LogP contribution is -2.02. The lowest BCUT2D eigenvalue weighted by Gasteiger charge is -2.14. The Morgan fingerprint density at radius 2 is 0.627 bits per heavy atom. The molecule has 0 saturated carbocycles. The Labute approximate surface area is 641 Å². The van der Waals surface area contributed by atoms with E-state index in [2.05, 4.69) is 139 Å². The van der Waals surface area contributed by atoms with Crippen LogP contribution >= 0.6 is 0 Å². The first-order chi connectivity index (χ1) is 52.9.